The molecular formula is C20H18F4N4O2. The van der Waals surface area contributed by atoms with Crippen LogP contribution in [0, 0.1) is 5.82 Å². The van der Waals surface area contributed by atoms with Crippen LogP contribution in [0.1, 0.15) is 15.9 Å². The van der Waals surface area contributed by atoms with E-state index < -0.39 is 29.0 Å². The lowest BCUT2D eigenvalue weighted by Crippen LogP contribution is -2.15. The maximum absolute atomic E-state index is 13.6. The highest BCUT2D eigenvalue weighted by atomic mass is 19.4. The van der Waals surface area contributed by atoms with E-state index in [1.807, 2.05) is 0 Å². The molecule has 0 aliphatic carbocycles. The first kappa shape index (κ1) is 21.3. The fraction of sp³-hybridized carbons (Fsp3) is 0.200. The Bertz CT molecular complexity index is 1060. The third-order valence-corrected chi connectivity index (χ3v) is 4.20. The quantitative estimate of drug-likeness (QED) is 0.592. The molecule has 2 aromatic carbocycles. The molecule has 6 nitrogen and oxygen atoms in total. The number of carbonyl (C=O) groups excluding carboxylic acids is 1. The summed E-state index contributed by atoms with van der Waals surface area (Å²) in [6.07, 6.45) is -3.19. The maximum Gasteiger partial charge on any atom is 0.416 e. The lowest BCUT2D eigenvalue weighted by molar-refractivity contribution is -0.137. The van der Waals surface area contributed by atoms with Gasteiger partial charge < -0.3 is 15.8 Å². The van der Waals surface area contributed by atoms with Crippen LogP contribution >= 0.6 is 0 Å². The van der Waals surface area contributed by atoms with Gasteiger partial charge in [0.05, 0.1) is 11.3 Å². The Morgan fingerprint density at radius 2 is 1.97 bits per heavy atom. The molecule has 3 aromatic rings. The Morgan fingerprint density at radius 3 is 2.60 bits per heavy atom. The number of rotatable bonds is 6. The summed E-state index contributed by atoms with van der Waals surface area (Å²) >= 11 is 0. The Labute approximate surface area is 169 Å². The molecule has 158 valence electrons. The van der Waals surface area contributed by atoms with Crippen LogP contribution in [-0.4, -0.2) is 28.8 Å². The molecule has 30 heavy (non-hydrogen) atoms. The number of carbonyl (C=O) groups is 1. The largest absolute Gasteiger partial charge is 0.492 e. The van der Waals surface area contributed by atoms with Gasteiger partial charge in [-0.15, -0.1) is 0 Å². The summed E-state index contributed by atoms with van der Waals surface area (Å²) in [4.78, 5) is 12.5. The van der Waals surface area contributed by atoms with E-state index in [0.717, 1.165) is 6.07 Å². The lowest BCUT2D eigenvalue weighted by Gasteiger charge is -2.14. The number of nitrogens with one attached hydrogen (secondary N) is 1. The average molecular weight is 422 g/mol. The highest BCUT2D eigenvalue weighted by Gasteiger charge is 2.32. The number of halogens is 4. The summed E-state index contributed by atoms with van der Waals surface area (Å²) in [7, 11) is 1.72. The Kier molecular flexibility index (Phi) is 6.06. The molecule has 0 bridgehead atoms. The lowest BCUT2D eigenvalue weighted by atomic mass is 10.1. The molecule has 0 unspecified atom stereocenters. The van der Waals surface area contributed by atoms with Crippen LogP contribution < -0.4 is 15.8 Å². The molecule has 0 spiro atoms. The van der Waals surface area contributed by atoms with Gasteiger partial charge in [-0.2, -0.15) is 18.3 Å². The topological polar surface area (TPSA) is 82.2 Å². The summed E-state index contributed by atoms with van der Waals surface area (Å²) in [6, 6.07) is 8.11. The van der Waals surface area contributed by atoms with E-state index >= 15 is 0 Å². The molecule has 0 saturated carbocycles. The molecule has 0 aliphatic rings. The van der Waals surface area contributed by atoms with E-state index in [0.29, 0.717) is 35.7 Å². The number of benzene rings is 2. The van der Waals surface area contributed by atoms with Crippen LogP contribution in [0.4, 0.5) is 23.2 Å². The normalized spacial score (nSPS) is 11.4. The molecule has 0 radical (unpaired) electrons. The van der Waals surface area contributed by atoms with Crippen molar-refractivity contribution in [3.63, 3.8) is 0 Å². The third kappa shape index (κ3) is 4.77. The van der Waals surface area contributed by atoms with Crippen molar-refractivity contribution in [1.82, 2.24) is 9.78 Å². The summed E-state index contributed by atoms with van der Waals surface area (Å²) in [5.41, 5.74) is 5.35. The van der Waals surface area contributed by atoms with Crippen LogP contribution in [0.5, 0.6) is 5.75 Å². The molecule has 3 rings (SSSR count). The molecule has 1 aromatic heterocycles. The number of amides is 1. The molecular weight excluding hydrogens is 404 g/mol. The summed E-state index contributed by atoms with van der Waals surface area (Å²) in [5, 5.41) is 6.58. The van der Waals surface area contributed by atoms with Crippen molar-refractivity contribution in [2.24, 2.45) is 12.8 Å². The Balaban J connectivity index is 1.93. The minimum Gasteiger partial charge on any atom is -0.492 e. The van der Waals surface area contributed by atoms with Gasteiger partial charge in [-0.05, 0) is 42.5 Å². The third-order valence-electron chi connectivity index (χ3n) is 4.20. The second-order valence-corrected chi connectivity index (χ2v) is 6.37. The van der Waals surface area contributed by atoms with Gasteiger partial charge in [0.2, 0.25) is 0 Å². The number of aromatic nitrogens is 2. The summed E-state index contributed by atoms with van der Waals surface area (Å²) in [6.45, 7) is 0.560. The van der Waals surface area contributed by atoms with E-state index in [9.17, 15) is 22.4 Å². The van der Waals surface area contributed by atoms with Crippen molar-refractivity contribution in [3.05, 3.63) is 65.6 Å². The fourth-order valence-corrected chi connectivity index (χ4v) is 2.83. The van der Waals surface area contributed by atoms with E-state index in [-0.39, 0.29) is 12.3 Å². The monoisotopic (exact) mass is 422 g/mol. The van der Waals surface area contributed by atoms with Gasteiger partial charge in [-0.1, -0.05) is 0 Å². The second-order valence-electron chi connectivity index (χ2n) is 6.37. The van der Waals surface area contributed by atoms with Crippen molar-refractivity contribution in [3.8, 4) is 17.0 Å². The molecule has 0 aliphatic heterocycles. The first-order chi connectivity index (χ1) is 14.2. The van der Waals surface area contributed by atoms with Crippen molar-refractivity contribution >= 4 is 11.6 Å². The van der Waals surface area contributed by atoms with E-state index in [1.54, 1.807) is 36.1 Å². The van der Waals surface area contributed by atoms with Crippen LogP contribution in [0.3, 0.4) is 0 Å². The zero-order valence-corrected chi connectivity index (χ0v) is 15.8. The van der Waals surface area contributed by atoms with E-state index in [1.165, 1.54) is 6.07 Å². The number of hydrogen-bond donors (Lipinski definition) is 2. The van der Waals surface area contributed by atoms with Crippen molar-refractivity contribution in [2.45, 2.75) is 6.18 Å². The number of anilines is 1. The maximum atomic E-state index is 13.6. The zero-order valence-electron chi connectivity index (χ0n) is 15.8. The number of aryl methyl sites for hydroxylation is 1. The minimum atomic E-state index is -4.77. The standard InChI is InChI=1S/C20H18F4N4O2/c1-28-17(4-6-26-28)16-11-15(2-3-18(16)30-7-5-25)27-19(29)12-8-13(20(22,23)24)10-14(21)9-12/h2-4,6,8-11H,5,7,25H2,1H3,(H,27,29). The zero-order chi connectivity index (χ0) is 21.9. The van der Waals surface area contributed by atoms with Crippen molar-refractivity contribution in [1.29, 1.82) is 0 Å². The molecule has 0 saturated heterocycles. The average Bonchev–Trinajstić information content (AvgIpc) is 3.11. The van der Waals surface area contributed by atoms with Crippen LogP contribution in [-0.2, 0) is 13.2 Å². The van der Waals surface area contributed by atoms with Gasteiger partial charge >= 0.3 is 6.18 Å². The second kappa shape index (κ2) is 8.54. The Morgan fingerprint density at radius 1 is 1.20 bits per heavy atom. The predicted octanol–water partition coefficient (Wildman–Crippen LogP) is 3.83. The smallest absolute Gasteiger partial charge is 0.416 e. The highest BCUT2D eigenvalue weighted by Crippen LogP contribution is 2.33. The summed E-state index contributed by atoms with van der Waals surface area (Å²) < 4.78 is 59.5. The Hall–Kier alpha value is -3.40. The number of nitrogens with two attached hydrogens (primary N) is 1. The van der Waals surface area contributed by atoms with Gasteiger partial charge in [0, 0.05) is 36.6 Å². The number of ether oxygens (including phenoxy) is 1. The predicted molar refractivity (Wildman–Crippen MR) is 103 cm³/mol. The molecule has 0 atom stereocenters. The highest BCUT2D eigenvalue weighted by molar-refractivity contribution is 6.04. The summed E-state index contributed by atoms with van der Waals surface area (Å²) in [5.74, 6) is -1.55. The van der Waals surface area contributed by atoms with Crippen LogP contribution in [0.25, 0.3) is 11.3 Å². The van der Waals surface area contributed by atoms with E-state index in [2.05, 4.69) is 10.4 Å². The van der Waals surface area contributed by atoms with Crippen molar-refractivity contribution in [2.75, 3.05) is 18.5 Å². The van der Waals surface area contributed by atoms with Gasteiger partial charge in [-0.3, -0.25) is 9.48 Å². The number of alkyl halides is 3. The fourth-order valence-electron chi connectivity index (χ4n) is 2.83. The van der Waals surface area contributed by atoms with Gasteiger partial charge in [0.15, 0.2) is 0 Å². The number of hydrogen-bond acceptors (Lipinski definition) is 4. The number of nitrogens with zero attached hydrogens (tertiary/aromatic N) is 2. The first-order valence-corrected chi connectivity index (χ1v) is 8.83. The molecule has 3 N–H and O–H groups in total. The van der Waals surface area contributed by atoms with Crippen molar-refractivity contribution < 1.29 is 27.1 Å². The molecule has 1 amide bonds. The minimum absolute atomic E-state index is 0.264. The first-order valence-electron chi connectivity index (χ1n) is 8.83. The SMILES string of the molecule is Cn1nccc1-c1cc(NC(=O)c2cc(F)cc(C(F)(F)F)c2)ccc1OCCN. The van der Waals surface area contributed by atoms with Crippen LogP contribution in [0.2, 0.25) is 0 Å². The van der Waals surface area contributed by atoms with Gasteiger partial charge in [-0.25, -0.2) is 4.39 Å². The molecule has 1 heterocycles. The van der Waals surface area contributed by atoms with E-state index in [4.69, 9.17) is 10.5 Å². The molecule has 0 fully saturated rings. The van der Waals surface area contributed by atoms with Gasteiger partial charge in [0.25, 0.3) is 5.91 Å². The van der Waals surface area contributed by atoms with Crippen LogP contribution in [0.15, 0.2) is 48.7 Å². The molecule has 10 heteroatoms. The van der Waals surface area contributed by atoms with Gasteiger partial charge in [0.1, 0.15) is 18.2 Å².